The number of nitrogens with zero attached hydrogens (tertiary/aromatic N) is 5. The summed E-state index contributed by atoms with van der Waals surface area (Å²) in [4.78, 5) is 18.9. The molecule has 3 saturated heterocycles. The largest absolute Gasteiger partial charge is 0.468 e. The summed E-state index contributed by atoms with van der Waals surface area (Å²) < 4.78 is 50.0. The van der Waals surface area contributed by atoms with E-state index in [4.69, 9.17) is 29.2 Å². The quantitative estimate of drug-likeness (QED) is 0.0910. The lowest BCUT2D eigenvalue weighted by atomic mass is 9.94. The SMILES string of the molecule is COCOc1cc(-c2ncc3c(N4C[C@H]5CC[C@@H](C4)[C@H]5O)nc(OC[C@@]45CCCN4C[C@H](F)C5)nc3c2F)c2c(C#C[Si](C(C)C)(C(C)C)C(C)C)cccc2c1. The number of piperidine rings is 1. The Labute approximate surface area is 336 Å². The second-order valence-corrected chi connectivity index (χ2v) is 23.5. The van der Waals surface area contributed by atoms with E-state index in [0.717, 1.165) is 48.6 Å². The van der Waals surface area contributed by atoms with Crippen molar-refractivity contribution in [2.75, 3.05) is 51.6 Å². The van der Waals surface area contributed by atoms with Crippen molar-refractivity contribution in [1.29, 1.82) is 0 Å². The highest BCUT2D eigenvalue weighted by Gasteiger charge is 2.50. The minimum atomic E-state index is -2.11. The van der Waals surface area contributed by atoms with Gasteiger partial charge in [-0.2, -0.15) is 9.97 Å². The lowest BCUT2D eigenvalue weighted by Gasteiger charge is -2.38. The Bertz CT molecular complexity index is 2170. The Kier molecular flexibility index (Phi) is 11.0. The first-order valence-electron chi connectivity index (χ1n) is 20.9. The number of hydrogen-bond donors (Lipinski definition) is 1. The summed E-state index contributed by atoms with van der Waals surface area (Å²) in [6, 6.07) is 9.78. The van der Waals surface area contributed by atoms with E-state index in [2.05, 4.69) is 62.8 Å². The van der Waals surface area contributed by atoms with Crippen LogP contribution in [0.5, 0.6) is 11.8 Å². The molecule has 4 aliphatic rings. The number of alkyl halides is 1. The Hall–Kier alpha value is -3.89. The van der Waals surface area contributed by atoms with E-state index in [1.54, 1.807) is 13.3 Å². The van der Waals surface area contributed by atoms with Crippen molar-refractivity contribution in [3.63, 3.8) is 0 Å². The molecular weight excluding hydrogens is 741 g/mol. The van der Waals surface area contributed by atoms with E-state index in [-0.39, 0.29) is 48.6 Å². The van der Waals surface area contributed by atoms with E-state index < -0.39 is 25.6 Å². The van der Waals surface area contributed by atoms with E-state index in [1.165, 1.54) is 0 Å². The van der Waals surface area contributed by atoms with Gasteiger partial charge in [0.1, 0.15) is 43.6 Å². The molecule has 5 heterocycles. The Morgan fingerprint density at radius 1 is 1.00 bits per heavy atom. The minimum Gasteiger partial charge on any atom is -0.468 e. The predicted octanol–water partition coefficient (Wildman–Crippen LogP) is 8.70. The summed E-state index contributed by atoms with van der Waals surface area (Å²) in [7, 11) is -0.545. The Balaban J connectivity index is 1.29. The number of rotatable bonds is 11. The van der Waals surface area contributed by atoms with Crippen LogP contribution in [-0.4, -0.2) is 97.5 Å². The van der Waals surface area contributed by atoms with E-state index in [1.807, 2.05) is 30.3 Å². The van der Waals surface area contributed by atoms with Gasteiger partial charge >= 0.3 is 6.01 Å². The minimum absolute atomic E-state index is 0.0231. The first-order valence-corrected chi connectivity index (χ1v) is 23.1. The number of methoxy groups -OCH3 is 1. The van der Waals surface area contributed by atoms with Crippen LogP contribution in [0, 0.1) is 29.1 Å². The zero-order chi connectivity index (χ0) is 40.2. The normalized spacial score (nSPS) is 24.9. The number of aliphatic hydroxyl groups is 1. The van der Waals surface area contributed by atoms with Crippen molar-refractivity contribution in [2.24, 2.45) is 11.8 Å². The van der Waals surface area contributed by atoms with Gasteiger partial charge < -0.3 is 24.2 Å². The van der Waals surface area contributed by atoms with Gasteiger partial charge in [-0.1, -0.05) is 59.6 Å². The second kappa shape index (κ2) is 15.7. The number of halogens is 2. The van der Waals surface area contributed by atoms with Crippen LogP contribution >= 0.6 is 0 Å². The highest BCUT2D eigenvalue weighted by molar-refractivity contribution is 6.90. The molecule has 0 unspecified atom stereocenters. The zero-order valence-corrected chi connectivity index (χ0v) is 35.4. The highest BCUT2D eigenvalue weighted by Crippen LogP contribution is 2.45. The van der Waals surface area contributed by atoms with Crippen LogP contribution in [0.3, 0.4) is 0 Å². The Morgan fingerprint density at radius 2 is 1.74 bits per heavy atom. The fourth-order valence-corrected chi connectivity index (χ4v) is 16.3. The van der Waals surface area contributed by atoms with Crippen LogP contribution in [-0.2, 0) is 4.74 Å². The summed E-state index contributed by atoms with van der Waals surface area (Å²) in [5, 5.41) is 13.0. The van der Waals surface area contributed by atoms with Gasteiger partial charge in [0.25, 0.3) is 0 Å². The lowest BCUT2D eigenvalue weighted by molar-refractivity contribution is 0.0512. The molecule has 0 radical (unpaired) electrons. The number of aliphatic hydroxyl groups excluding tert-OH is 1. The molecule has 12 heteroatoms. The summed E-state index contributed by atoms with van der Waals surface area (Å²) in [6.45, 7) is 16.4. The number of benzene rings is 2. The van der Waals surface area contributed by atoms with Gasteiger partial charge in [0.15, 0.2) is 12.6 Å². The molecule has 2 aromatic heterocycles. The standard InChI is InChI=1S/C45H57F2N5O4Si/c1-27(2)57(28(3)4,29(5)6)17-14-30-10-8-11-31-18-35(56-26-54-7)19-36(38(30)31)40-39(47)41-37(21-48-40)43(51-22-32-12-13-33(23-51)42(32)53)50-44(49-41)55-25-45-15-9-16-52(45)24-34(46)20-45/h8,10-11,18-19,21,27-29,32-34,42,53H,9,12-13,15-16,20,22-26H2,1-7H3/t32-,33+,34-,42+,45+/m1/s1. The fraction of sp³-hybridized carbons (Fsp3) is 0.578. The number of anilines is 1. The van der Waals surface area contributed by atoms with Gasteiger partial charge in [-0.15, -0.1) is 5.54 Å². The molecule has 57 heavy (non-hydrogen) atoms. The molecule has 1 aliphatic carbocycles. The molecule has 4 aromatic rings. The topological polar surface area (TPSA) is 93.1 Å². The molecule has 0 amide bonds. The summed E-state index contributed by atoms with van der Waals surface area (Å²) >= 11 is 0. The maximum atomic E-state index is 17.6. The summed E-state index contributed by atoms with van der Waals surface area (Å²) in [5.41, 5.74) is 6.34. The second-order valence-electron chi connectivity index (χ2n) is 17.9. The van der Waals surface area contributed by atoms with Gasteiger partial charge in [0.05, 0.1) is 17.0 Å². The van der Waals surface area contributed by atoms with Gasteiger partial charge in [-0.05, 0) is 72.4 Å². The van der Waals surface area contributed by atoms with Crippen LogP contribution < -0.4 is 14.4 Å². The maximum absolute atomic E-state index is 17.6. The first kappa shape index (κ1) is 39.9. The first-order chi connectivity index (χ1) is 27.3. The van der Waals surface area contributed by atoms with Crippen molar-refractivity contribution in [1.82, 2.24) is 19.9 Å². The van der Waals surface area contributed by atoms with Crippen molar-refractivity contribution >= 4 is 35.6 Å². The maximum Gasteiger partial charge on any atom is 0.319 e. The van der Waals surface area contributed by atoms with Crippen molar-refractivity contribution in [2.45, 2.75) is 108 Å². The van der Waals surface area contributed by atoms with Gasteiger partial charge in [-0.3, -0.25) is 9.88 Å². The van der Waals surface area contributed by atoms with Crippen LogP contribution in [0.4, 0.5) is 14.6 Å². The molecule has 1 saturated carbocycles. The number of aromatic nitrogens is 3. The number of hydrogen-bond acceptors (Lipinski definition) is 9. The Morgan fingerprint density at radius 3 is 2.44 bits per heavy atom. The molecule has 9 nitrogen and oxygen atoms in total. The number of fused-ring (bicyclic) bond motifs is 5. The third-order valence-corrected chi connectivity index (χ3v) is 20.1. The van der Waals surface area contributed by atoms with Crippen LogP contribution in [0.15, 0.2) is 36.5 Å². The fourth-order valence-electron chi connectivity index (χ4n) is 11.0. The molecule has 304 valence electrons. The van der Waals surface area contributed by atoms with Crippen molar-refractivity contribution in [3.05, 3.63) is 47.9 Å². The average Bonchev–Trinajstić information content (AvgIpc) is 3.76. The van der Waals surface area contributed by atoms with Crippen LogP contribution in [0.1, 0.15) is 79.2 Å². The molecule has 8 rings (SSSR count). The highest BCUT2D eigenvalue weighted by atomic mass is 28.3. The molecular formula is C45H57F2N5O4Si. The molecule has 3 aliphatic heterocycles. The van der Waals surface area contributed by atoms with Crippen LogP contribution in [0.2, 0.25) is 16.6 Å². The summed E-state index contributed by atoms with van der Waals surface area (Å²) in [6.07, 6.45) is 4.48. The third kappa shape index (κ3) is 7.06. The van der Waals surface area contributed by atoms with Crippen LogP contribution in [0.25, 0.3) is 32.9 Å². The average molecular weight is 798 g/mol. The van der Waals surface area contributed by atoms with Crippen molar-refractivity contribution < 1.29 is 28.1 Å². The summed E-state index contributed by atoms with van der Waals surface area (Å²) in [5.74, 6) is 4.29. The third-order valence-electron chi connectivity index (χ3n) is 13.8. The molecule has 4 fully saturated rings. The monoisotopic (exact) mass is 797 g/mol. The lowest BCUT2D eigenvalue weighted by Crippen LogP contribution is -2.45. The van der Waals surface area contributed by atoms with Gasteiger partial charge in [0, 0.05) is 67.7 Å². The van der Waals surface area contributed by atoms with Gasteiger partial charge in [-0.25, -0.2) is 8.78 Å². The van der Waals surface area contributed by atoms with Gasteiger partial charge in [0.2, 0.25) is 0 Å². The zero-order valence-electron chi connectivity index (χ0n) is 34.4. The molecule has 2 aromatic carbocycles. The molecule has 1 N–H and O–H groups in total. The van der Waals surface area contributed by atoms with E-state index in [0.29, 0.717) is 65.2 Å². The van der Waals surface area contributed by atoms with E-state index in [9.17, 15) is 9.50 Å². The molecule has 5 atom stereocenters. The molecule has 2 bridgehead atoms. The predicted molar refractivity (Wildman–Crippen MR) is 224 cm³/mol. The smallest absolute Gasteiger partial charge is 0.319 e. The molecule has 0 spiro atoms. The van der Waals surface area contributed by atoms with Crippen molar-refractivity contribution in [3.8, 4) is 34.5 Å². The number of pyridine rings is 1. The number of ether oxygens (including phenoxy) is 3. The van der Waals surface area contributed by atoms with E-state index >= 15 is 4.39 Å².